The van der Waals surface area contributed by atoms with Crippen LogP contribution in [0.5, 0.6) is 0 Å². The summed E-state index contributed by atoms with van der Waals surface area (Å²) in [4.78, 5) is 11.4. The highest BCUT2D eigenvalue weighted by molar-refractivity contribution is 7.98. The minimum absolute atomic E-state index is 0.817. The molecule has 1 N–H and O–H groups in total. The predicted octanol–water partition coefficient (Wildman–Crippen LogP) is 1.68. The molecule has 0 spiro atoms. The van der Waals surface area contributed by atoms with Crippen molar-refractivity contribution in [2.24, 2.45) is 0 Å². The van der Waals surface area contributed by atoms with Crippen LogP contribution in [-0.4, -0.2) is 21.2 Å². The Labute approximate surface area is 68.2 Å². The molecule has 0 fully saturated rings. The van der Waals surface area contributed by atoms with Gasteiger partial charge in [0.1, 0.15) is 0 Å². The Hall–Kier alpha value is -1.03. The molecule has 2 aromatic heterocycles. The van der Waals surface area contributed by atoms with Gasteiger partial charge < -0.3 is 4.98 Å². The van der Waals surface area contributed by atoms with E-state index in [0.717, 1.165) is 16.2 Å². The van der Waals surface area contributed by atoms with Gasteiger partial charge in [0.15, 0.2) is 5.16 Å². The summed E-state index contributed by atoms with van der Waals surface area (Å²) in [6, 6.07) is 1.94. The Morgan fingerprint density at radius 2 is 2.45 bits per heavy atom. The van der Waals surface area contributed by atoms with E-state index in [1.54, 1.807) is 18.0 Å². The summed E-state index contributed by atoms with van der Waals surface area (Å²) < 4.78 is 0. The van der Waals surface area contributed by atoms with E-state index in [2.05, 4.69) is 15.0 Å². The number of nitrogens with zero attached hydrogens (tertiary/aromatic N) is 2. The quantitative estimate of drug-likeness (QED) is 0.516. The molecule has 11 heavy (non-hydrogen) atoms. The zero-order valence-corrected chi connectivity index (χ0v) is 6.85. The lowest BCUT2D eigenvalue weighted by atomic mass is 10.5. The minimum Gasteiger partial charge on any atom is -0.359 e. The summed E-state index contributed by atoms with van der Waals surface area (Å²) in [5.41, 5.74) is 1.96. The van der Waals surface area contributed by atoms with Crippen molar-refractivity contribution in [3.05, 3.63) is 18.5 Å². The third-order valence-corrected chi connectivity index (χ3v) is 2.02. The van der Waals surface area contributed by atoms with Crippen molar-refractivity contribution in [2.75, 3.05) is 6.26 Å². The van der Waals surface area contributed by atoms with Gasteiger partial charge in [-0.15, -0.1) is 0 Å². The molecule has 0 bridgehead atoms. The molecule has 2 heterocycles. The first-order chi connectivity index (χ1) is 5.40. The fourth-order valence-corrected chi connectivity index (χ4v) is 1.27. The van der Waals surface area contributed by atoms with Crippen LogP contribution in [0.4, 0.5) is 0 Å². The highest BCUT2D eigenvalue weighted by atomic mass is 32.2. The van der Waals surface area contributed by atoms with Gasteiger partial charge in [0.05, 0.1) is 17.2 Å². The second-order valence-corrected chi connectivity index (χ2v) is 2.91. The number of aromatic amines is 1. The maximum Gasteiger partial charge on any atom is 0.187 e. The summed E-state index contributed by atoms with van der Waals surface area (Å²) in [6.45, 7) is 0. The van der Waals surface area contributed by atoms with Gasteiger partial charge in [-0.05, 0) is 12.3 Å². The Balaban J connectivity index is 2.67. The van der Waals surface area contributed by atoms with Crippen LogP contribution in [0.15, 0.2) is 23.6 Å². The van der Waals surface area contributed by atoms with Gasteiger partial charge in [0.25, 0.3) is 0 Å². The van der Waals surface area contributed by atoms with Crippen molar-refractivity contribution in [3.63, 3.8) is 0 Å². The molecule has 0 aromatic carbocycles. The molecule has 2 rings (SSSR count). The molecule has 56 valence electrons. The molecule has 0 aliphatic heterocycles. The number of nitrogens with one attached hydrogen (secondary N) is 1. The van der Waals surface area contributed by atoms with Gasteiger partial charge in [-0.25, -0.2) is 9.97 Å². The number of aromatic nitrogens is 3. The van der Waals surface area contributed by atoms with Crippen molar-refractivity contribution in [3.8, 4) is 0 Å². The van der Waals surface area contributed by atoms with Crippen LogP contribution >= 0.6 is 11.8 Å². The van der Waals surface area contributed by atoms with Crippen molar-refractivity contribution >= 4 is 22.8 Å². The largest absolute Gasteiger partial charge is 0.359 e. The van der Waals surface area contributed by atoms with Crippen LogP contribution in [0.1, 0.15) is 0 Å². The van der Waals surface area contributed by atoms with Crippen LogP contribution in [0.3, 0.4) is 0 Å². The Morgan fingerprint density at radius 1 is 1.55 bits per heavy atom. The second-order valence-electron chi connectivity index (χ2n) is 2.13. The van der Waals surface area contributed by atoms with E-state index in [4.69, 9.17) is 0 Å². The fraction of sp³-hybridized carbons (Fsp3) is 0.143. The van der Waals surface area contributed by atoms with Gasteiger partial charge in [-0.3, -0.25) is 0 Å². The average molecular weight is 165 g/mol. The number of rotatable bonds is 1. The van der Waals surface area contributed by atoms with Crippen LogP contribution in [0.2, 0.25) is 0 Å². The molecule has 0 amide bonds. The number of H-pyrrole nitrogens is 1. The first kappa shape index (κ1) is 6.67. The van der Waals surface area contributed by atoms with E-state index in [-0.39, 0.29) is 0 Å². The summed E-state index contributed by atoms with van der Waals surface area (Å²) in [5, 5.41) is 0.817. The molecular formula is C7H7N3S. The number of hydrogen-bond acceptors (Lipinski definition) is 3. The molecule has 0 aliphatic rings. The van der Waals surface area contributed by atoms with E-state index in [1.807, 2.05) is 18.5 Å². The second kappa shape index (κ2) is 2.54. The zero-order valence-electron chi connectivity index (χ0n) is 6.03. The summed E-state index contributed by atoms with van der Waals surface area (Å²) in [5.74, 6) is 0. The van der Waals surface area contributed by atoms with Crippen molar-refractivity contribution < 1.29 is 0 Å². The molecule has 0 atom stereocenters. The molecule has 0 radical (unpaired) electrons. The predicted molar refractivity (Wildman–Crippen MR) is 45.7 cm³/mol. The van der Waals surface area contributed by atoms with E-state index in [1.165, 1.54) is 0 Å². The third-order valence-electron chi connectivity index (χ3n) is 1.46. The van der Waals surface area contributed by atoms with Crippen LogP contribution in [0, 0.1) is 0 Å². The number of fused-ring (bicyclic) bond motifs is 1. The van der Waals surface area contributed by atoms with Gasteiger partial charge >= 0.3 is 0 Å². The summed E-state index contributed by atoms with van der Waals surface area (Å²) in [7, 11) is 0. The fourth-order valence-electron chi connectivity index (χ4n) is 0.925. The van der Waals surface area contributed by atoms with Crippen molar-refractivity contribution in [2.45, 2.75) is 5.16 Å². The summed E-state index contributed by atoms with van der Waals surface area (Å²) in [6.07, 6.45) is 5.63. The minimum atomic E-state index is 0.817. The SMILES string of the molecule is CSc1ncc2[nH]ccc2n1. The normalized spacial score (nSPS) is 10.6. The van der Waals surface area contributed by atoms with Crippen LogP contribution in [0.25, 0.3) is 11.0 Å². The smallest absolute Gasteiger partial charge is 0.187 e. The maximum absolute atomic E-state index is 4.27. The number of thioether (sulfide) groups is 1. The van der Waals surface area contributed by atoms with Gasteiger partial charge in [-0.2, -0.15) is 0 Å². The summed E-state index contributed by atoms with van der Waals surface area (Å²) >= 11 is 1.55. The van der Waals surface area contributed by atoms with Crippen LogP contribution in [-0.2, 0) is 0 Å². The Morgan fingerprint density at radius 3 is 3.27 bits per heavy atom. The molecule has 0 aliphatic carbocycles. The average Bonchev–Trinajstić information content (AvgIpc) is 2.50. The van der Waals surface area contributed by atoms with Crippen molar-refractivity contribution in [1.82, 2.24) is 15.0 Å². The standard InChI is InChI=1S/C7H7N3S/c1-11-7-9-4-6-5(10-7)2-3-8-6/h2-4,8H,1H3. The lowest BCUT2D eigenvalue weighted by Crippen LogP contribution is -1.83. The van der Waals surface area contributed by atoms with E-state index < -0.39 is 0 Å². The molecule has 2 aromatic rings. The zero-order chi connectivity index (χ0) is 7.68. The molecule has 0 saturated carbocycles. The lowest BCUT2D eigenvalue weighted by molar-refractivity contribution is 1.01. The molecule has 4 heteroatoms. The monoisotopic (exact) mass is 165 g/mol. The molecule has 3 nitrogen and oxygen atoms in total. The van der Waals surface area contributed by atoms with E-state index in [0.29, 0.717) is 0 Å². The molecule has 0 unspecified atom stereocenters. The van der Waals surface area contributed by atoms with Gasteiger partial charge in [0, 0.05) is 6.20 Å². The molecule has 0 saturated heterocycles. The van der Waals surface area contributed by atoms with Gasteiger partial charge in [0.2, 0.25) is 0 Å². The van der Waals surface area contributed by atoms with Gasteiger partial charge in [-0.1, -0.05) is 11.8 Å². The topological polar surface area (TPSA) is 41.6 Å². The van der Waals surface area contributed by atoms with E-state index >= 15 is 0 Å². The van der Waals surface area contributed by atoms with E-state index in [9.17, 15) is 0 Å². The van der Waals surface area contributed by atoms with Crippen LogP contribution < -0.4 is 0 Å². The lowest BCUT2D eigenvalue weighted by Gasteiger charge is -1.92. The highest BCUT2D eigenvalue weighted by Crippen LogP contribution is 2.12. The van der Waals surface area contributed by atoms with Crippen molar-refractivity contribution in [1.29, 1.82) is 0 Å². The Bertz CT molecular complexity index is 368. The molecular weight excluding hydrogens is 158 g/mol. The number of hydrogen-bond donors (Lipinski definition) is 1. The Kier molecular flexibility index (Phi) is 1.54. The maximum atomic E-state index is 4.27. The third kappa shape index (κ3) is 1.09. The highest BCUT2D eigenvalue weighted by Gasteiger charge is 1.97. The first-order valence-corrected chi connectivity index (χ1v) is 4.47. The first-order valence-electron chi connectivity index (χ1n) is 3.24.